The minimum absolute atomic E-state index is 0.294. The van der Waals surface area contributed by atoms with Gasteiger partial charge in [0.15, 0.2) is 0 Å². The van der Waals surface area contributed by atoms with Crippen molar-refractivity contribution >= 4 is 18.6 Å². The normalized spacial score (nSPS) is 21.7. The van der Waals surface area contributed by atoms with Gasteiger partial charge in [0.2, 0.25) is 5.79 Å². The largest absolute Gasteiger partial charge is 0.498 e. The van der Waals surface area contributed by atoms with E-state index in [0.29, 0.717) is 29.1 Å². The van der Waals surface area contributed by atoms with Gasteiger partial charge in [0, 0.05) is 19.3 Å². The van der Waals surface area contributed by atoms with Gasteiger partial charge in [-0.1, -0.05) is 25.8 Å². The van der Waals surface area contributed by atoms with E-state index in [1.165, 1.54) is 0 Å². The van der Waals surface area contributed by atoms with E-state index in [-0.39, 0.29) is 0 Å². The molecule has 0 N–H and O–H groups in total. The average molecular weight is 390 g/mol. The average Bonchev–Trinajstić information content (AvgIpc) is 2.77. The summed E-state index contributed by atoms with van der Waals surface area (Å²) in [6.45, 7) is 14.0. The quantitative estimate of drug-likeness (QED) is 0.418. The number of unbranched alkanes of at least 4 members (excludes halogenated alkanes) is 2. The molecule has 1 saturated heterocycles. The molecule has 0 saturated carbocycles. The molecule has 0 bridgehead atoms. The second-order valence-electron chi connectivity index (χ2n) is 8.89. The predicted octanol–water partition coefficient (Wildman–Crippen LogP) is 3.84. The molecule has 2 aliphatic heterocycles. The fraction of sp³-hybridized carbons (Fsp3) is 0.667. The zero-order chi connectivity index (χ0) is 20.7. The van der Waals surface area contributed by atoms with Gasteiger partial charge in [-0.15, -0.1) is 0 Å². The minimum atomic E-state index is -1.08. The third-order valence-electron chi connectivity index (χ3n) is 5.55. The maximum atomic E-state index is 12.8. The summed E-state index contributed by atoms with van der Waals surface area (Å²) in [6.07, 6.45) is 3.09. The van der Waals surface area contributed by atoms with Gasteiger partial charge in [0.1, 0.15) is 17.1 Å². The number of ether oxygens (including phenoxy) is 3. The first-order chi connectivity index (χ1) is 13.0. The molecule has 1 fully saturated rings. The molecule has 3 rings (SSSR count). The van der Waals surface area contributed by atoms with E-state index in [4.69, 9.17) is 23.5 Å². The minimum Gasteiger partial charge on any atom is -0.493 e. The summed E-state index contributed by atoms with van der Waals surface area (Å²) < 4.78 is 29.7. The highest BCUT2D eigenvalue weighted by molar-refractivity contribution is 6.63. The van der Waals surface area contributed by atoms with Crippen molar-refractivity contribution in [1.29, 1.82) is 0 Å². The molecule has 0 aromatic heterocycles. The second kappa shape index (κ2) is 7.27. The van der Waals surface area contributed by atoms with E-state index in [1.54, 1.807) is 19.9 Å². The van der Waals surface area contributed by atoms with Crippen LogP contribution in [0.2, 0.25) is 0 Å². The Bertz CT molecular complexity index is 740. The van der Waals surface area contributed by atoms with Crippen molar-refractivity contribution in [2.75, 3.05) is 6.61 Å². The predicted molar refractivity (Wildman–Crippen MR) is 107 cm³/mol. The number of benzene rings is 1. The molecular weight excluding hydrogens is 359 g/mol. The zero-order valence-electron chi connectivity index (χ0n) is 18.0. The molecule has 0 radical (unpaired) electrons. The number of carbonyl (C=O) groups is 1. The second-order valence-corrected chi connectivity index (χ2v) is 8.89. The molecule has 7 heteroatoms. The molecule has 0 spiro atoms. The Balaban J connectivity index is 1.99. The first-order valence-corrected chi connectivity index (χ1v) is 10.0. The number of cyclic esters (lactones) is 1. The van der Waals surface area contributed by atoms with Crippen molar-refractivity contribution in [2.45, 2.75) is 84.7 Å². The van der Waals surface area contributed by atoms with E-state index in [0.717, 1.165) is 19.3 Å². The first kappa shape index (κ1) is 21.0. The van der Waals surface area contributed by atoms with Gasteiger partial charge in [-0.3, -0.25) is 0 Å². The number of carbonyl (C=O) groups excluding carboxylic acids is 1. The molecule has 2 heterocycles. The monoisotopic (exact) mass is 390 g/mol. The van der Waals surface area contributed by atoms with Crippen LogP contribution in [0.4, 0.5) is 0 Å². The van der Waals surface area contributed by atoms with Crippen LogP contribution < -0.4 is 14.9 Å². The van der Waals surface area contributed by atoms with Crippen LogP contribution in [0.3, 0.4) is 0 Å². The SMILES string of the molecule is CCCCCOc1ccc(B2OC(C)(C)C(C)(C)O2)c2c1C(=O)OC(C)(C)O2. The van der Waals surface area contributed by atoms with E-state index in [2.05, 4.69) is 6.92 Å². The maximum absolute atomic E-state index is 12.8. The smallest absolute Gasteiger partial charge is 0.493 e. The number of hydrogen-bond donors (Lipinski definition) is 0. The van der Waals surface area contributed by atoms with Gasteiger partial charge < -0.3 is 23.5 Å². The van der Waals surface area contributed by atoms with Gasteiger partial charge in [0.25, 0.3) is 0 Å². The van der Waals surface area contributed by atoms with Crippen LogP contribution in [0.5, 0.6) is 11.5 Å². The Morgan fingerprint density at radius 3 is 2.21 bits per heavy atom. The van der Waals surface area contributed by atoms with Crippen LogP contribution >= 0.6 is 0 Å². The van der Waals surface area contributed by atoms with Crippen LogP contribution in [0, 0.1) is 0 Å². The summed E-state index contributed by atoms with van der Waals surface area (Å²) in [6, 6.07) is 3.62. The van der Waals surface area contributed by atoms with Gasteiger partial charge in [-0.2, -0.15) is 0 Å². The van der Waals surface area contributed by atoms with Crippen molar-refractivity contribution in [1.82, 2.24) is 0 Å². The van der Waals surface area contributed by atoms with Crippen LogP contribution in [0.15, 0.2) is 12.1 Å². The lowest BCUT2D eigenvalue weighted by atomic mass is 9.77. The molecule has 28 heavy (non-hydrogen) atoms. The fourth-order valence-corrected chi connectivity index (χ4v) is 3.23. The van der Waals surface area contributed by atoms with Crippen molar-refractivity contribution < 1.29 is 28.3 Å². The molecule has 1 aromatic carbocycles. The highest BCUT2D eigenvalue weighted by Crippen LogP contribution is 2.40. The van der Waals surface area contributed by atoms with Crippen LogP contribution in [0.25, 0.3) is 0 Å². The third-order valence-corrected chi connectivity index (χ3v) is 5.55. The summed E-state index contributed by atoms with van der Waals surface area (Å²) in [7, 11) is -0.644. The Hall–Kier alpha value is -1.73. The van der Waals surface area contributed by atoms with E-state index in [9.17, 15) is 4.79 Å². The van der Waals surface area contributed by atoms with E-state index < -0.39 is 30.1 Å². The van der Waals surface area contributed by atoms with Crippen molar-refractivity contribution in [2.24, 2.45) is 0 Å². The van der Waals surface area contributed by atoms with Crippen LogP contribution in [-0.2, 0) is 14.0 Å². The fourth-order valence-electron chi connectivity index (χ4n) is 3.23. The molecule has 0 atom stereocenters. The van der Waals surface area contributed by atoms with Crippen LogP contribution in [-0.4, -0.2) is 36.7 Å². The Labute approximate surface area is 168 Å². The van der Waals surface area contributed by atoms with Gasteiger partial charge in [-0.05, 0) is 40.2 Å². The Kier molecular flexibility index (Phi) is 5.45. The van der Waals surface area contributed by atoms with Gasteiger partial charge >= 0.3 is 13.1 Å². The lowest BCUT2D eigenvalue weighted by Gasteiger charge is -2.34. The number of hydrogen-bond acceptors (Lipinski definition) is 6. The van der Waals surface area contributed by atoms with Crippen LogP contribution in [0.1, 0.15) is 78.1 Å². The van der Waals surface area contributed by atoms with E-state index >= 15 is 0 Å². The molecule has 0 amide bonds. The van der Waals surface area contributed by atoms with Crippen molar-refractivity contribution in [3.63, 3.8) is 0 Å². The standard InChI is InChI=1S/C21H31BO6/c1-8-9-10-13-24-15-12-11-14(22-27-19(2,3)20(4,5)28-22)17-16(15)18(23)26-21(6,7)25-17/h11-12H,8-10,13H2,1-7H3. The number of esters is 1. The highest BCUT2D eigenvalue weighted by atomic mass is 16.7. The lowest BCUT2D eigenvalue weighted by molar-refractivity contribution is -0.127. The summed E-state index contributed by atoms with van der Waals surface area (Å²) in [5.41, 5.74) is -0.0305. The molecule has 154 valence electrons. The summed E-state index contributed by atoms with van der Waals surface area (Å²) in [4.78, 5) is 12.8. The Morgan fingerprint density at radius 2 is 1.61 bits per heavy atom. The van der Waals surface area contributed by atoms with Gasteiger partial charge in [0.05, 0.1) is 17.8 Å². The summed E-state index contributed by atoms with van der Waals surface area (Å²) in [5, 5.41) is 0. The zero-order valence-corrected chi connectivity index (χ0v) is 18.0. The molecule has 6 nitrogen and oxygen atoms in total. The van der Waals surface area contributed by atoms with Gasteiger partial charge in [-0.25, -0.2) is 4.79 Å². The van der Waals surface area contributed by atoms with Crippen molar-refractivity contribution in [3.05, 3.63) is 17.7 Å². The molecule has 0 aliphatic carbocycles. The maximum Gasteiger partial charge on any atom is 0.498 e. The molecule has 1 aromatic rings. The molecule has 2 aliphatic rings. The summed E-state index contributed by atoms with van der Waals surface area (Å²) in [5.74, 6) is -0.668. The molecular formula is C21H31BO6. The highest BCUT2D eigenvalue weighted by Gasteiger charge is 2.53. The number of fused-ring (bicyclic) bond motifs is 1. The summed E-state index contributed by atoms with van der Waals surface area (Å²) >= 11 is 0. The Morgan fingerprint density at radius 1 is 0.964 bits per heavy atom. The molecule has 0 unspecified atom stereocenters. The topological polar surface area (TPSA) is 63.2 Å². The van der Waals surface area contributed by atoms with E-state index in [1.807, 2.05) is 33.8 Å². The third kappa shape index (κ3) is 3.87. The number of rotatable bonds is 6. The first-order valence-electron chi connectivity index (χ1n) is 10.0. The van der Waals surface area contributed by atoms with Crippen molar-refractivity contribution in [3.8, 4) is 11.5 Å². The lowest BCUT2D eigenvalue weighted by Crippen LogP contribution is -2.44.